The summed E-state index contributed by atoms with van der Waals surface area (Å²) in [7, 11) is 0. The highest BCUT2D eigenvalue weighted by molar-refractivity contribution is 7.13. The van der Waals surface area contributed by atoms with Gasteiger partial charge in [0, 0.05) is 42.3 Å². The number of nitrogens with one attached hydrogen (secondary N) is 1. The predicted octanol–water partition coefficient (Wildman–Crippen LogP) is 1.13. The maximum atomic E-state index is 11.0. The highest BCUT2D eigenvalue weighted by atomic mass is 32.1. The molecule has 0 saturated carbocycles. The second-order valence-electron chi connectivity index (χ2n) is 3.82. The minimum Gasteiger partial charge on any atom is -0.476 e. The van der Waals surface area contributed by atoms with Crippen LogP contribution >= 0.6 is 11.3 Å². The van der Waals surface area contributed by atoms with E-state index >= 15 is 0 Å². The molecule has 6 nitrogen and oxygen atoms in total. The molecule has 3 rings (SSSR count). The van der Waals surface area contributed by atoms with Crippen LogP contribution < -0.4 is 4.90 Å². The molecule has 0 bridgehead atoms. The van der Waals surface area contributed by atoms with Crippen molar-refractivity contribution in [3.8, 4) is 0 Å². The number of hydrogen-bond donors (Lipinski definition) is 2. The van der Waals surface area contributed by atoms with Crippen molar-refractivity contribution in [1.29, 1.82) is 0 Å². The van der Waals surface area contributed by atoms with E-state index in [9.17, 15) is 4.79 Å². The number of carboxylic acid groups (broad SMARTS) is 1. The third-order valence-electron chi connectivity index (χ3n) is 2.83. The Bertz CT molecular complexity index is 549. The average molecular weight is 250 g/mol. The van der Waals surface area contributed by atoms with E-state index in [-0.39, 0.29) is 5.69 Å². The molecule has 0 saturated heterocycles. The molecule has 1 aliphatic heterocycles. The Morgan fingerprint density at radius 3 is 3.18 bits per heavy atom. The first kappa shape index (κ1) is 10.3. The number of nitrogens with zero attached hydrogens (tertiary/aromatic N) is 3. The summed E-state index contributed by atoms with van der Waals surface area (Å²) in [6.07, 6.45) is 2.53. The highest BCUT2D eigenvalue weighted by Gasteiger charge is 2.25. The van der Waals surface area contributed by atoms with Crippen molar-refractivity contribution in [2.45, 2.75) is 13.0 Å². The zero-order valence-corrected chi connectivity index (χ0v) is 9.70. The van der Waals surface area contributed by atoms with Crippen LogP contribution in [0.3, 0.4) is 0 Å². The van der Waals surface area contributed by atoms with Gasteiger partial charge >= 0.3 is 5.97 Å². The molecule has 0 aromatic carbocycles. The molecule has 88 valence electrons. The van der Waals surface area contributed by atoms with Crippen molar-refractivity contribution in [3.05, 3.63) is 28.5 Å². The third-order valence-corrected chi connectivity index (χ3v) is 3.66. The fourth-order valence-electron chi connectivity index (χ4n) is 2.01. The molecule has 0 amide bonds. The fraction of sp³-hybridized carbons (Fsp3) is 0.300. The number of aromatic nitrogens is 3. The SMILES string of the molecule is O=C(O)c1n[nH]c2c1CN(c1nccs1)CC2. The van der Waals surface area contributed by atoms with Crippen molar-refractivity contribution in [2.24, 2.45) is 0 Å². The molecule has 2 aromatic heterocycles. The van der Waals surface area contributed by atoms with Gasteiger partial charge in [0.2, 0.25) is 0 Å². The molecule has 0 fully saturated rings. The topological polar surface area (TPSA) is 82.1 Å². The summed E-state index contributed by atoms with van der Waals surface area (Å²) in [5.74, 6) is -0.983. The van der Waals surface area contributed by atoms with Gasteiger partial charge in [0.25, 0.3) is 0 Å². The van der Waals surface area contributed by atoms with E-state index in [0.717, 1.165) is 29.4 Å². The number of hydrogen-bond acceptors (Lipinski definition) is 5. The normalized spacial score (nSPS) is 14.7. The smallest absolute Gasteiger partial charge is 0.356 e. The number of aromatic carboxylic acids is 1. The number of aromatic amines is 1. The number of fused-ring (bicyclic) bond motifs is 1. The first-order chi connectivity index (χ1) is 8.25. The molecule has 0 radical (unpaired) electrons. The minimum atomic E-state index is -0.983. The number of anilines is 1. The van der Waals surface area contributed by atoms with E-state index in [1.54, 1.807) is 17.5 Å². The highest BCUT2D eigenvalue weighted by Crippen LogP contribution is 2.26. The van der Waals surface area contributed by atoms with Crippen LogP contribution in [0.15, 0.2) is 11.6 Å². The molecular formula is C10H10N4O2S. The fourth-order valence-corrected chi connectivity index (χ4v) is 2.68. The van der Waals surface area contributed by atoms with Crippen LogP contribution in [0.2, 0.25) is 0 Å². The van der Waals surface area contributed by atoms with E-state index in [4.69, 9.17) is 5.11 Å². The number of H-pyrrole nitrogens is 1. The summed E-state index contributed by atoms with van der Waals surface area (Å²) in [4.78, 5) is 17.3. The summed E-state index contributed by atoms with van der Waals surface area (Å²) in [6.45, 7) is 1.39. The Labute approximate surface area is 101 Å². The molecule has 2 N–H and O–H groups in total. The van der Waals surface area contributed by atoms with Crippen molar-refractivity contribution in [3.63, 3.8) is 0 Å². The lowest BCUT2D eigenvalue weighted by atomic mass is 10.1. The molecule has 3 heterocycles. The van der Waals surface area contributed by atoms with Crippen LogP contribution in [0.25, 0.3) is 0 Å². The molecule has 7 heteroatoms. The predicted molar refractivity (Wildman–Crippen MR) is 62.4 cm³/mol. The Balaban J connectivity index is 1.94. The molecule has 0 atom stereocenters. The molecular weight excluding hydrogens is 240 g/mol. The summed E-state index contributed by atoms with van der Waals surface area (Å²) in [5.41, 5.74) is 1.83. The summed E-state index contributed by atoms with van der Waals surface area (Å²) < 4.78 is 0. The Morgan fingerprint density at radius 1 is 1.59 bits per heavy atom. The maximum Gasteiger partial charge on any atom is 0.356 e. The Hall–Kier alpha value is -1.89. The quantitative estimate of drug-likeness (QED) is 0.834. The van der Waals surface area contributed by atoms with Gasteiger partial charge in [-0.1, -0.05) is 0 Å². The maximum absolute atomic E-state index is 11.0. The molecule has 17 heavy (non-hydrogen) atoms. The monoisotopic (exact) mass is 250 g/mol. The number of rotatable bonds is 2. The average Bonchev–Trinajstić information content (AvgIpc) is 2.97. The van der Waals surface area contributed by atoms with Crippen LogP contribution in [0.1, 0.15) is 21.7 Å². The van der Waals surface area contributed by atoms with Gasteiger partial charge in [-0.3, -0.25) is 5.10 Å². The van der Waals surface area contributed by atoms with Crippen molar-refractivity contribution < 1.29 is 9.90 Å². The first-order valence-electron chi connectivity index (χ1n) is 5.19. The lowest BCUT2D eigenvalue weighted by Gasteiger charge is -2.26. The van der Waals surface area contributed by atoms with Crippen molar-refractivity contribution >= 4 is 22.4 Å². The van der Waals surface area contributed by atoms with E-state index in [2.05, 4.69) is 20.1 Å². The molecule has 0 unspecified atom stereocenters. The minimum absolute atomic E-state index is 0.126. The largest absolute Gasteiger partial charge is 0.476 e. The van der Waals surface area contributed by atoms with E-state index < -0.39 is 5.97 Å². The van der Waals surface area contributed by atoms with E-state index in [1.807, 2.05) is 5.38 Å². The van der Waals surface area contributed by atoms with Crippen LogP contribution in [-0.2, 0) is 13.0 Å². The number of carbonyl (C=O) groups is 1. The van der Waals surface area contributed by atoms with E-state index in [0.29, 0.717) is 6.54 Å². The number of carboxylic acids is 1. The Morgan fingerprint density at radius 2 is 2.47 bits per heavy atom. The van der Waals surface area contributed by atoms with Gasteiger partial charge in [0.15, 0.2) is 10.8 Å². The second-order valence-corrected chi connectivity index (χ2v) is 4.69. The summed E-state index contributed by atoms with van der Waals surface area (Å²) in [5, 5.41) is 18.5. The number of thiazole rings is 1. The van der Waals surface area contributed by atoms with E-state index in [1.165, 1.54) is 0 Å². The van der Waals surface area contributed by atoms with Gasteiger partial charge in [0.1, 0.15) is 0 Å². The molecule has 2 aromatic rings. The molecule has 0 spiro atoms. The first-order valence-corrected chi connectivity index (χ1v) is 6.07. The molecule has 0 aliphatic carbocycles. The van der Waals surface area contributed by atoms with Gasteiger partial charge < -0.3 is 10.0 Å². The standard InChI is InChI=1S/C10H10N4O2S/c15-9(16)8-6-5-14(10-11-2-4-17-10)3-1-7(6)12-13-8/h2,4H,1,3,5H2,(H,12,13)(H,15,16). The van der Waals surface area contributed by atoms with Gasteiger partial charge in [-0.15, -0.1) is 11.3 Å². The lowest BCUT2D eigenvalue weighted by Crippen LogP contribution is -2.30. The van der Waals surface area contributed by atoms with Gasteiger partial charge in [-0.25, -0.2) is 9.78 Å². The third kappa shape index (κ3) is 1.68. The van der Waals surface area contributed by atoms with Crippen molar-refractivity contribution in [2.75, 3.05) is 11.4 Å². The zero-order valence-electron chi connectivity index (χ0n) is 8.88. The second kappa shape index (κ2) is 3.85. The van der Waals surface area contributed by atoms with Crippen LogP contribution in [0, 0.1) is 0 Å². The molecule has 1 aliphatic rings. The van der Waals surface area contributed by atoms with Gasteiger partial charge in [-0.2, -0.15) is 5.10 Å². The summed E-state index contributed by atoms with van der Waals surface area (Å²) in [6, 6.07) is 0. The zero-order chi connectivity index (χ0) is 11.8. The van der Waals surface area contributed by atoms with Crippen LogP contribution in [-0.4, -0.2) is 32.8 Å². The summed E-state index contributed by atoms with van der Waals surface area (Å²) >= 11 is 1.56. The van der Waals surface area contributed by atoms with Crippen LogP contribution in [0.4, 0.5) is 5.13 Å². The lowest BCUT2D eigenvalue weighted by molar-refractivity contribution is 0.0689. The Kier molecular flexibility index (Phi) is 2.32. The van der Waals surface area contributed by atoms with Gasteiger partial charge in [-0.05, 0) is 0 Å². The van der Waals surface area contributed by atoms with Crippen LogP contribution in [0.5, 0.6) is 0 Å². The van der Waals surface area contributed by atoms with Crippen molar-refractivity contribution in [1.82, 2.24) is 15.2 Å². The van der Waals surface area contributed by atoms with Gasteiger partial charge in [0.05, 0.1) is 0 Å².